The van der Waals surface area contributed by atoms with Gasteiger partial charge in [-0.25, -0.2) is 8.42 Å². The summed E-state index contributed by atoms with van der Waals surface area (Å²) in [4.78, 5) is 15.3. The number of ether oxygens (including phenoxy) is 3. The molecule has 178 valence electrons. The summed E-state index contributed by atoms with van der Waals surface area (Å²) >= 11 is 0. The number of methoxy groups -OCH3 is 1. The molecule has 0 N–H and O–H groups in total. The zero-order chi connectivity index (χ0) is 23.4. The Kier molecular flexibility index (Phi) is 7.09. The Bertz CT molecular complexity index is 1080. The summed E-state index contributed by atoms with van der Waals surface area (Å²) in [5, 5.41) is 0. The van der Waals surface area contributed by atoms with E-state index in [1.165, 1.54) is 11.4 Å². The van der Waals surface area contributed by atoms with Crippen molar-refractivity contribution in [1.82, 2.24) is 9.21 Å². The smallest absolute Gasteiger partial charge is 0.243 e. The lowest BCUT2D eigenvalue weighted by Crippen LogP contribution is -2.44. The van der Waals surface area contributed by atoms with Crippen LogP contribution < -0.4 is 14.2 Å². The van der Waals surface area contributed by atoms with Gasteiger partial charge in [0.25, 0.3) is 0 Å². The van der Waals surface area contributed by atoms with Gasteiger partial charge in [-0.3, -0.25) is 4.79 Å². The summed E-state index contributed by atoms with van der Waals surface area (Å²) in [6.07, 6.45) is 0.994. The van der Waals surface area contributed by atoms with E-state index in [1.807, 2.05) is 30.0 Å². The Balaban J connectivity index is 1.40. The first-order valence-corrected chi connectivity index (χ1v) is 12.7. The van der Waals surface area contributed by atoms with Crippen LogP contribution in [0.1, 0.15) is 25.3 Å². The second kappa shape index (κ2) is 10.0. The first-order chi connectivity index (χ1) is 15.9. The van der Waals surface area contributed by atoms with Crippen molar-refractivity contribution in [1.29, 1.82) is 0 Å². The van der Waals surface area contributed by atoms with E-state index in [0.29, 0.717) is 69.5 Å². The van der Waals surface area contributed by atoms with E-state index in [1.54, 1.807) is 24.3 Å². The van der Waals surface area contributed by atoms with Crippen molar-refractivity contribution in [2.24, 2.45) is 5.92 Å². The fourth-order valence-electron chi connectivity index (χ4n) is 4.31. The van der Waals surface area contributed by atoms with E-state index in [4.69, 9.17) is 14.2 Å². The minimum atomic E-state index is -3.60. The number of para-hydroxylation sites is 1. The molecular formula is C24H30N2O6S. The number of fused-ring (bicyclic) bond motifs is 1. The molecule has 0 aromatic heterocycles. The summed E-state index contributed by atoms with van der Waals surface area (Å²) in [6, 6.07) is 12.1. The molecule has 33 heavy (non-hydrogen) atoms. The van der Waals surface area contributed by atoms with Crippen LogP contribution in [0.3, 0.4) is 0 Å². The van der Waals surface area contributed by atoms with Crippen LogP contribution in [-0.2, 0) is 21.4 Å². The zero-order valence-electron chi connectivity index (χ0n) is 19.0. The lowest BCUT2D eigenvalue weighted by molar-refractivity contribution is -0.137. The molecular weight excluding hydrogens is 444 g/mol. The van der Waals surface area contributed by atoms with Gasteiger partial charge >= 0.3 is 0 Å². The average molecular weight is 475 g/mol. The molecule has 2 aliphatic heterocycles. The Morgan fingerprint density at radius 2 is 1.79 bits per heavy atom. The fourth-order valence-corrected chi connectivity index (χ4v) is 5.78. The van der Waals surface area contributed by atoms with Crippen molar-refractivity contribution < 1.29 is 27.4 Å². The SMILES string of the molecule is CCN(Cc1cccc2c1OCCO2)C(=O)C1CCN(S(=O)(=O)c2ccc(OC)cc2)CC1. The molecule has 0 spiro atoms. The van der Waals surface area contributed by atoms with Crippen molar-refractivity contribution in [3.8, 4) is 17.2 Å². The molecule has 1 amide bonds. The first kappa shape index (κ1) is 23.4. The number of hydrogen-bond donors (Lipinski definition) is 0. The van der Waals surface area contributed by atoms with Gasteiger partial charge < -0.3 is 19.1 Å². The normalized spacial score (nSPS) is 16.9. The van der Waals surface area contributed by atoms with Gasteiger partial charge in [-0.1, -0.05) is 12.1 Å². The second-order valence-electron chi connectivity index (χ2n) is 8.15. The van der Waals surface area contributed by atoms with Crippen molar-refractivity contribution in [2.45, 2.75) is 31.2 Å². The maximum atomic E-state index is 13.3. The summed E-state index contributed by atoms with van der Waals surface area (Å²) in [5.74, 6) is 1.86. The Morgan fingerprint density at radius 3 is 2.45 bits per heavy atom. The van der Waals surface area contributed by atoms with Crippen LogP contribution in [0.4, 0.5) is 0 Å². The van der Waals surface area contributed by atoms with Crippen LogP contribution in [0.5, 0.6) is 17.2 Å². The second-order valence-corrected chi connectivity index (χ2v) is 10.1. The van der Waals surface area contributed by atoms with E-state index in [-0.39, 0.29) is 16.7 Å². The van der Waals surface area contributed by atoms with E-state index in [2.05, 4.69) is 0 Å². The third kappa shape index (κ3) is 4.94. The number of piperidine rings is 1. The fraction of sp³-hybridized carbons (Fsp3) is 0.458. The third-order valence-electron chi connectivity index (χ3n) is 6.20. The van der Waals surface area contributed by atoms with Gasteiger partial charge in [0.05, 0.1) is 12.0 Å². The van der Waals surface area contributed by atoms with Crippen LogP contribution in [0.15, 0.2) is 47.4 Å². The van der Waals surface area contributed by atoms with E-state index in [9.17, 15) is 13.2 Å². The zero-order valence-corrected chi connectivity index (χ0v) is 19.8. The Hall–Kier alpha value is -2.78. The number of carbonyl (C=O) groups is 1. The van der Waals surface area contributed by atoms with E-state index < -0.39 is 10.0 Å². The highest BCUT2D eigenvalue weighted by Gasteiger charge is 2.34. The molecule has 1 fully saturated rings. The molecule has 0 saturated carbocycles. The quantitative estimate of drug-likeness (QED) is 0.614. The van der Waals surface area contributed by atoms with Gasteiger partial charge in [-0.2, -0.15) is 4.31 Å². The predicted octanol–water partition coefficient (Wildman–Crippen LogP) is 2.92. The standard InChI is InChI=1S/C24H30N2O6S/c1-3-25(17-19-5-4-6-22-23(19)32-16-15-31-22)24(27)18-11-13-26(14-12-18)33(28,29)21-9-7-20(30-2)8-10-21/h4-10,18H,3,11-17H2,1-2H3. The van der Waals surface area contributed by atoms with Crippen LogP contribution >= 0.6 is 0 Å². The van der Waals surface area contributed by atoms with Crippen molar-refractivity contribution in [3.63, 3.8) is 0 Å². The largest absolute Gasteiger partial charge is 0.497 e. The molecule has 8 nitrogen and oxygen atoms in total. The maximum Gasteiger partial charge on any atom is 0.243 e. The van der Waals surface area contributed by atoms with Gasteiger partial charge in [-0.05, 0) is 50.1 Å². The number of carbonyl (C=O) groups excluding carboxylic acids is 1. The summed E-state index contributed by atoms with van der Waals surface area (Å²) in [7, 11) is -2.06. The molecule has 0 atom stereocenters. The van der Waals surface area contributed by atoms with Gasteiger partial charge in [0.2, 0.25) is 15.9 Å². The highest BCUT2D eigenvalue weighted by molar-refractivity contribution is 7.89. The van der Waals surface area contributed by atoms with E-state index >= 15 is 0 Å². The number of hydrogen-bond acceptors (Lipinski definition) is 6. The Labute approximate surface area is 195 Å². The van der Waals surface area contributed by atoms with E-state index in [0.717, 1.165) is 5.56 Å². The number of sulfonamides is 1. The highest BCUT2D eigenvalue weighted by atomic mass is 32.2. The van der Waals surface area contributed by atoms with Gasteiger partial charge in [-0.15, -0.1) is 0 Å². The molecule has 2 aliphatic rings. The van der Waals surface area contributed by atoms with Crippen LogP contribution in [0.2, 0.25) is 0 Å². The molecule has 2 aromatic rings. The lowest BCUT2D eigenvalue weighted by atomic mass is 9.96. The summed E-state index contributed by atoms with van der Waals surface area (Å²) in [6.45, 7) is 4.60. The maximum absolute atomic E-state index is 13.3. The van der Waals surface area contributed by atoms with Crippen LogP contribution in [-0.4, -0.2) is 63.5 Å². The van der Waals surface area contributed by atoms with Gasteiger partial charge in [0.15, 0.2) is 11.5 Å². The molecule has 2 heterocycles. The number of benzene rings is 2. The van der Waals surface area contributed by atoms with Crippen LogP contribution in [0.25, 0.3) is 0 Å². The number of nitrogens with zero attached hydrogens (tertiary/aromatic N) is 2. The number of rotatable bonds is 7. The topological polar surface area (TPSA) is 85.4 Å². The lowest BCUT2D eigenvalue weighted by Gasteiger charge is -2.33. The Morgan fingerprint density at radius 1 is 1.09 bits per heavy atom. The van der Waals surface area contributed by atoms with Crippen molar-refractivity contribution in [3.05, 3.63) is 48.0 Å². The van der Waals surface area contributed by atoms with Crippen molar-refractivity contribution >= 4 is 15.9 Å². The number of amides is 1. The average Bonchev–Trinajstić information content (AvgIpc) is 2.87. The van der Waals surface area contributed by atoms with Gasteiger partial charge in [0, 0.05) is 37.7 Å². The predicted molar refractivity (Wildman–Crippen MR) is 123 cm³/mol. The van der Waals surface area contributed by atoms with Gasteiger partial charge in [0.1, 0.15) is 19.0 Å². The summed E-state index contributed by atoms with van der Waals surface area (Å²) in [5.41, 5.74) is 0.918. The molecule has 1 saturated heterocycles. The summed E-state index contributed by atoms with van der Waals surface area (Å²) < 4.78 is 44.0. The molecule has 9 heteroatoms. The minimum absolute atomic E-state index is 0.0494. The first-order valence-electron chi connectivity index (χ1n) is 11.2. The molecule has 4 rings (SSSR count). The highest BCUT2D eigenvalue weighted by Crippen LogP contribution is 2.35. The molecule has 0 aliphatic carbocycles. The van der Waals surface area contributed by atoms with Crippen LogP contribution in [0, 0.1) is 5.92 Å². The molecule has 2 aromatic carbocycles. The minimum Gasteiger partial charge on any atom is -0.497 e. The molecule has 0 radical (unpaired) electrons. The molecule has 0 bridgehead atoms. The molecule has 0 unspecified atom stereocenters. The third-order valence-corrected chi connectivity index (χ3v) is 8.12. The van der Waals surface area contributed by atoms with Crippen molar-refractivity contribution in [2.75, 3.05) is 40.0 Å². The monoisotopic (exact) mass is 474 g/mol.